The van der Waals surface area contributed by atoms with E-state index in [2.05, 4.69) is 9.88 Å². The van der Waals surface area contributed by atoms with Crippen molar-refractivity contribution in [1.29, 1.82) is 0 Å². The Morgan fingerprint density at radius 2 is 1.91 bits per heavy atom. The normalized spacial score (nSPS) is 17.2. The summed E-state index contributed by atoms with van der Waals surface area (Å²) in [5.74, 6) is 1.88. The second-order valence-electron chi connectivity index (χ2n) is 8.10. The number of morpholine rings is 1. The number of rotatable bonds is 6. The first-order valence-corrected chi connectivity index (χ1v) is 11.0. The first-order chi connectivity index (χ1) is 15.5. The number of hydrogen-bond acceptors (Lipinski definition) is 8. The summed E-state index contributed by atoms with van der Waals surface area (Å²) in [6.07, 6.45) is 1.87. The molecule has 2 aliphatic rings. The van der Waals surface area contributed by atoms with Crippen LogP contribution in [0.25, 0.3) is 6.08 Å². The van der Waals surface area contributed by atoms with Crippen LogP contribution >= 0.6 is 0 Å². The van der Waals surface area contributed by atoms with E-state index in [1.807, 2.05) is 51.1 Å². The van der Waals surface area contributed by atoms with Crippen molar-refractivity contribution < 1.29 is 9.47 Å². The maximum atomic E-state index is 12.3. The molecule has 0 amide bonds. The van der Waals surface area contributed by atoms with Crippen molar-refractivity contribution in [3.8, 4) is 5.75 Å². The molecule has 1 aromatic heterocycles. The van der Waals surface area contributed by atoms with E-state index >= 15 is 0 Å². The van der Waals surface area contributed by atoms with Gasteiger partial charge in [-0.15, -0.1) is 0 Å². The van der Waals surface area contributed by atoms with Gasteiger partial charge in [-0.2, -0.15) is 10.1 Å². The summed E-state index contributed by atoms with van der Waals surface area (Å²) >= 11 is 0. The average molecular weight is 439 g/mol. The average Bonchev–Trinajstić information content (AvgIpc) is 2.80. The topological polar surface area (TPSA) is 84.5 Å². The SMILES string of the molecule is C/C=c1/c2c(nc(=O)n1C)N(C(C)C)N=C(c1ccc(OCCN3CCOCC3)cc1)N=2. The Bertz CT molecular complexity index is 1160. The third kappa shape index (κ3) is 4.58. The summed E-state index contributed by atoms with van der Waals surface area (Å²) in [4.78, 5) is 23.6. The highest BCUT2D eigenvalue weighted by Gasteiger charge is 2.22. The van der Waals surface area contributed by atoms with Gasteiger partial charge in [0.2, 0.25) is 0 Å². The second kappa shape index (κ2) is 9.62. The van der Waals surface area contributed by atoms with Crippen LogP contribution in [-0.4, -0.2) is 65.8 Å². The number of ether oxygens (including phenoxy) is 2. The summed E-state index contributed by atoms with van der Waals surface area (Å²) in [7, 11) is 1.70. The summed E-state index contributed by atoms with van der Waals surface area (Å²) in [5.41, 5.74) is 0.549. The van der Waals surface area contributed by atoms with Gasteiger partial charge in [-0.1, -0.05) is 6.08 Å². The van der Waals surface area contributed by atoms with E-state index in [0.29, 0.717) is 23.6 Å². The van der Waals surface area contributed by atoms with Crippen LogP contribution in [0.4, 0.5) is 5.82 Å². The van der Waals surface area contributed by atoms with Crippen LogP contribution in [0.15, 0.2) is 39.2 Å². The highest BCUT2D eigenvalue weighted by Crippen LogP contribution is 2.17. The Morgan fingerprint density at radius 3 is 2.56 bits per heavy atom. The fourth-order valence-electron chi connectivity index (χ4n) is 3.77. The van der Waals surface area contributed by atoms with Gasteiger partial charge in [0.05, 0.1) is 18.6 Å². The molecule has 0 spiro atoms. The second-order valence-corrected chi connectivity index (χ2v) is 8.10. The van der Waals surface area contributed by atoms with Gasteiger partial charge in [0, 0.05) is 38.3 Å². The van der Waals surface area contributed by atoms with E-state index in [1.54, 1.807) is 12.1 Å². The maximum Gasteiger partial charge on any atom is 0.349 e. The van der Waals surface area contributed by atoms with Crippen molar-refractivity contribution >= 4 is 17.7 Å². The zero-order chi connectivity index (χ0) is 22.7. The van der Waals surface area contributed by atoms with Gasteiger partial charge in [0.1, 0.15) is 17.7 Å². The number of amidine groups is 1. The minimum absolute atomic E-state index is 0.0198. The molecule has 2 aliphatic heterocycles. The Balaban J connectivity index is 1.57. The van der Waals surface area contributed by atoms with Crippen molar-refractivity contribution in [3.63, 3.8) is 0 Å². The van der Waals surface area contributed by atoms with Crippen LogP contribution < -0.4 is 26.1 Å². The molecule has 1 aromatic carbocycles. The number of nitrogens with zero attached hydrogens (tertiary/aromatic N) is 6. The fraction of sp³-hybridized carbons (Fsp3) is 0.478. The minimum atomic E-state index is -0.324. The maximum absolute atomic E-state index is 12.3. The molecule has 0 atom stereocenters. The summed E-state index contributed by atoms with van der Waals surface area (Å²) in [5, 5.41) is 7.83. The quantitative estimate of drug-likeness (QED) is 0.653. The smallest absolute Gasteiger partial charge is 0.349 e. The van der Waals surface area contributed by atoms with Crippen LogP contribution in [0.1, 0.15) is 26.3 Å². The zero-order valence-electron chi connectivity index (χ0n) is 19.1. The van der Waals surface area contributed by atoms with Crippen molar-refractivity contribution in [2.45, 2.75) is 26.8 Å². The Kier molecular flexibility index (Phi) is 6.66. The lowest BCUT2D eigenvalue weighted by molar-refractivity contribution is 0.0322. The highest BCUT2D eigenvalue weighted by molar-refractivity contribution is 6.00. The number of fused-ring (bicyclic) bond motifs is 1. The third-order valence-corrected chi connectivity index (χ3v) is 5.60. The molecule has 4 rings (SSSR count). The predicted octanol–water partition coefficient (Wildman–Crippen LogP) is 0.502. The van der Waals surface area contributed by atoms with Crippen LogP contribution in [0.2, 0.25) is 0 Å². The van der Waals surface area contributed by atoms with E-state index < -0.39 is 0 Å². The Labute approximate surface area is 187 Å². The van der Waals surface area contributed by atoms with Crippen LogP contribution in [0.5, 0.6) is 5.75 Å². The van der Waals surface area contributed by atoms with Crippen molar-refractivity contribution in [2.75, 3.05) is 44.5 Å². The van der Waals surface area contributed by atoms with Crippen molar-refractivity contribution in [3.05, 3.63) is 51.0 Å². The fourth-order valence-corrected chi connectivity index (χ4v) is 3.77. The van der Waals surface area contributed by atoms with Gasteiger partial charge in [0.15, 0.2) is 11.7 Å². The lowest BCUT2D eigenvalue weighted by atomic mass is 10.2. The van der Waals surface area contributed by atoms with E-state index in [-0.39, 0.29) is 11.7 Å². The Hall–Kier alpha value is -3.04. The Morgan fingerprint density at radius 1 is 1.19 bits per heavy atom. The third-order valence-electron chi connectivity index (χ3n) is 5.60. The van der Waals surface area contributed by atoms with Crippen LogP contribution in [0, 0.1) is 0 Å². The molecule has 9 heteroatoms. The zero-order valence-corrected chi connectivity index (χ0v) is 19.1. The van der Waals surface area contributed by atoms with E-state index in [1.165, 1.54) is 4.57 Å². The minimum Gasteiger partial charge on any atom is -0.492 e. The molecule has 1 fully saturated rings. The number of aromatic nitrogens is 2. The standard InChI is InChI=1S/C23H30N6O3/c1-5-19-20-22(25-23(30)27(19)4)29(16(2)3)26-21(24-20)17-6-8-18(9-7-17)32-15-12-28-10-13-31-14-11-28/h5-9,16H,10-15H2,1-4H3/b19-5-. The molecule has 0 saturated carbocycles. The van der Waals surface area contributed by atoms with E-state index in [9.17, 15) is 4.79 Å². The molecule has 0 N–H and O–H groups in total. The molecular weight excluding hydrogens is 408 g/mol. The highest BCUT2D eigenvalue weighted by atomic mass is 16.5. The monoisotopic (exact) mass is 438 g/mol. The van der Waals surface area contributed by atoms with Gasteiger partial charge in [-0.3, -0.25) is 9.47 Å². The summed E-state index contributed by atoms with van der Waals surface area (Å²) in [6, 6.07) is 7.81. The molecule has 0 unspecified atom stereocenters. The molecule has 3 heterocycles. The lowest BCUT2D eigenvalue weighted by Crippen LogP contribution is -2.49. The van der Waals surface area contributed by atoms with E-state index in [4.69, 9.17) is 19.6 Å². The molecular formula is C23H30N6O3. The lowest BCUT2D eigenvalue weighted by Gasteiger charge is -2.26. The van der Waals surface area contributed by atoms with Gasteiger partial charge in [-0.05, 0) is 45.0 Å². The van der Waals surface area contributed by atoms with Gasteiger partial charge in [-0.25, -0.2) is 14.8 Å². The molecule has 0 radical (unpaired) electrons. The summed E-state index contributed by atoms with van der Waals surface area (Å²) < 4.78 is 12.8. The predicted molar refractivity (Wildman–Crippen MR) is 124 cm³/mol. The molecule has 2 aromatic rings. The van der Waals surface area contributed by atoms with Crippen molar-refractivity contribution in [1.82, 2.24) is 14.5 Å². The first kappa shape index (κ1) is 22.2. The first-order valence-electron chi connectivity index (χ1n) is 11.0. The molecule has 32 heavy (non-hydrogen) atoms. The molecule has 170 valence electrons. The molecule has 0 aliphatic carbocycles. The van der Waals surface area contributed by atoms with Gasteiger partial charge >= 0.3 is 5.69 Å². The number of benzene rings is 1. The summed E-state index contributed by atoms with van der Waals surface area (Å²) in [6.45, 7) is 10.9. The van der Waals surface area contributed by atoms with Crippen molar-refractivity contribution in [2.24, 2.45) is 17.1 Å². The van der Waals surface area contributed by atoms with Gasteiger partial charge in [0.25, 0.3) is 0 Å². The van der Waals surface area contributed by atoms with Gasteiger partial charge < -0.3 is 9.47 Å². The van der Waals surface area contributed by atoms with E-state index in [0.717, 1.165) is 49.5 Å². The molecule has 9 nitrogen and oxygen atoms in total. The number of hydrazone groups is 1. The molecule has 1 saturated heterocycles. The number of hydrogen-bond donors (Lipinski definition) is 0. The molecule has 0 bridgehead atoms. The van der Waals surface area contributed by atoms with Crippen LogP contribution in [0.3, 0.4) is 0 Å². The van der Waals surface area contributed by atoms with Crippen LogP contribution in [-0.2, 0) is 11.8 Å². The largest absolute Gasteiger partial charge is 0.492 e. The number of anilines is 1.